The predicted octanol–water partition coefficient (Wildman–Crippen LogP) is 5.34. The van der Waals surface area contributed by atoms with Crippen LogP contribution in [0.4, 0.5) is 0 Å². The third-order valence-electron chi connectivity index (χ3n) is 4.04. The maximum atomic E-state index is 12.6. The molecule has 5 nitrogen and oxygen atoms in total. The lowest BCUT2D eigenvalue weighted by Crippen LogP contribution is -2.18. The number of hydrogen-bond acceptors (Lipinski definition) is 4. The van der Waals surface area contributed by atoms with E-state index < -0.39 is 5.91 Å². The lowest BCUT2D eigenvalue weighted by atomic mass is 10.2. The molecule has 3 aromatic carbocycles. The number of carbonyl (C=O) groups excluding carboxylic acids is 1. The smallest absolute Gasteiger partial charge is 0.275 e. The molecule has 148 valence electrons. The highest BCUT2D eigenvalue weighted by Crippen LogP contribution is 2.24. The molecule has 1 amide bonds. The second-order valence-corrected chi connectivity index (χ2v) is 6.81. The minimum Gasteiger partial charge on any atom is -0.496 e. The lowest BCUT2D eigenvalue weighted by molar-refractivity contribution is 0.0950. The molecule has 3 aromatic rings. The van der Waals surface area contributed by atoms with Gasteiger partial charge in [0, 0.05) is 21.2 Å². The van der Waals surface area contributed by atoms with Crippen LogP contribution in [0.2, 0.25) is 10.0 Å². The number of hydrogen-bond donors (Lipinski definition) is 1. The minimum atomic E-state index is -0.394. The molecular weight excluding hydrogens is 411 g/mol. The Balaban J connectivity index is 1.69. The molecule has 0 bridgehead atoms. The highest BCUT2D eigenvalue weighted by Gasteiger charge is 2.12. The number of benzene rings is 3. The van der Waals surface area contributed by atoms with Crippen molar-refractivity contribution in [3.63, 3.8) is 0 Å². The van der Waals surface area contributed by atoms with E-state index in [0.29, 0.717) is 27.1 Å². The Kier molecular flexibility index (Phi) is 7.11. The first-order chi connectivity index (χ1) is 14.1. The van der Waals surface area contributed by atoms with Gasteiger partial charge in [-0.05, 0) is 36.4 Å². The van der Waals surface area contributed by atoms with Crippen molar-refractivity contribution >= 4 is 35.3 Å². The van der Waals surface area contributed by atoms with Crippen LogP contribution in [-0.4, -0.2) is 19.2 Å². The van der Waals surface area contributed by atoms with Crippen LogP contribution in [0.15, 0.2) is 71.8 Å². The summed E-state index contributed by atoms with van der Waals surface area (Å²) in [6.45, 7) is 0.199. The van der Waals surface area contributed by atoms with Crippen molar-refractivity contribution < 1.29 is 14.3 Å². The summed E-state index contributed by atoms with van der Waals surface area (Å²) in [5.41, 5.74) is 4.38. The Morgan fingerprint density at radius 3 is 2.52 bits per heavy atom. The Morgan fingerprint density at radius 2 is 1.76 bits per heavy atom. The zero-order valence-electron chi connectivity index (χ0n) is 15.6. The first-order valence-corrected chi connectivity index (χ1v) is 9.46. The Hall–Kier alpha value is -3.02. The van der Waals surface area contributed by atoms with Crippen LogP contribution in [0.5, 0.6) is 11.5 Å². The van der Waals surface area contributed by atoms with E-state index in [4.69, 9.17) is 32.7 Å². The van der Waals surface area contributed by atoms with Gasteiger partial charge in [-0.25, -0.2) is 5.43 Å². The third-order valence-corrected chi connectivity index (χ3v) is 4.63. The number of halogens is 2. The number of ether oxygens (including phenoxy) is 2. The average Bonchev–Trinajstić information content (AvgIpc) is 2.73. The molecule has 0 aromatic heterocycles. The largest absolute Gasteiger partial charge is 0.496 e. The number of para-hydroxylation sites is 2. The van der Waals surface area contributed by atoms with Crippen LogP contribution < -0.4 is 14.9 Å². The van der Waals surface area contributed by atoms with Gasteiger partial charge in [0.15, 0.2) is 0 Å². The predicted molar refractivity (Wildman–Crippen MR) is 115 cm³/mol. The van der Waals surface area contributed by atoms with Gasteiger partial charge in [-0.15, -0.1) is 0 Å². The first kappa shape index (κ1) is 20.7. The Bertz CT molecular complexity index is 1040. The van der Waals surface area contributed by atoms with E-state index in [1.807, 2.05) is 24.3 Å². The van der Waals surface area contributed by atoms with Gasteiger partial charge in [0.2, 0.25) is 0 Å². The first-order valence-electron chi connectivity index (χ1n) is 8.70. The van der Waals surface area contributed by atoms with Crippen molar-refractivity contribution in [3.8, 4) is 11.5 Å². The normalized spacial score (nSPS) is 10.7. The van der Waals surface area contributed by atoms with Gasteiger partial charge in [0.25, 0.3) is 5.91 Å². The molecular formula is C22H18Cl2N2O3. The maximum Gasteiger partial charge on any atom is 0.275 e. The van der Waals surface area contributed by atoms with Crippen LogP contribution in [0.3, 0.4) is 0 Å². The average molecular weight is 429 g/mol. The third kappa shape index (κ3) is 5.50. The Morgan fingerprint density at radius 1 is 1.03 bits per heavy atom. The highest BCUT2D eigenvalue weighted by molar-refractivity contribution is 6.35. The number of nitrogens with one attached hydrogen (secondary N) is 1. The number of nitrogens with zero attached hydrogens (tertiary/aromatic N) is 1. The van der Waals surface area contributed by atoms with Gasteiger partial charge >= 0.3 is 0 Å². The van der Waals surface area contributed by atoms with Crippen molar-refractivity contribution in [2.75, 3.05) is 7.11 Å². The molecule has 0 spiro atoms. The van der Waals surface area contributed by atoms with Gasteiger partial charge in [0.1, 0.15) is 18.1 Å². The fraction of sp³-hybridized carbons (Fsp3) is 0.0909. The van der Waals surface area contributed by atoms with Crippen molar-refractivity contribution in [2.45, 2.75) is 6.61 Å². The lowest BCUT2D eigenvalue weighted by Gasteiger charge is -2.11. The minimum absolute atomic E-state index is 0.199. The summed E-state index contributed by atoms with van der Waals surface area (Å²) in [6, 6.07) is 19.4. The number of methoxy groups -OCH3 is 1. The molecule has 0 radical (unpaired) electrons. The quantitative estimate of drug-likeness (QED) is 0.407. The van der Waals surface area contributed by atoms with E-state index in [1.165, 1.54) is 6.21 Å². The summed E-state index contributed by atoms with van der Waals surface area (Å²) in [6.07, 6.45) is 1.52. The molecule has 0 saturated carbocycles. The van der Waals surface area contributed by atoms with Crippen molar-refractivity contribution in [3.05, 3.63) is 93.5 Å². The van der Waals surface area contributed by atoms with Gasteiger partial charge in [0.05, 0.1) is 18.9 Å². The standard InChI is InChI=1S/C22H18Cl2N2O3/c1-28-20-8-4-2-6-15(20)13-25-26-22(27)18-7-3-5-9-21(18)29-14-16-10-11-17(23)12-19(16)24/h2-13H,14H2,1H3,(H,26,27)/b25-13-. The second kappa shape index (κ2) is 9.96. The fourth-order valence-corrected chi connectivity index (χ4v) is 3.03. The summed E-state index contributed by atoms with van der Waals surface area (Å²) >= 11 is 12.1. The molecule has 3 rings (SSSR count). The van der Waals surface area contributed by atoms with E-state index in [9.17, 15) is 4.79 Å². The van der Waals surface area contributed by atoms with E-state index >= 15 is 0 Å². The molecule has 1 N–H and O–H groups in total. The van der Waals surface area contributed by atoms with Gasteiger partial charge < -0.3 is 9.47 Å². The molecule has 0 aliphatic carbocycles. The van der Waals surface area contributed by atoms with Crippen LogP contribution in [0.25, 0.3) is 0 Å². The van der Waals surface area contributed by atoms with Gasteiger partial charge in [-0.3, -0.25) is 4.79 Å². The highest BCUT2D eigenvalue weighted by atomic mass is 35.5. The zero-order chi connectivity index (χ0) is 20.6. The molecule has 0 heterocycles. The molecule has 0 fully saturated rings. The second-order valence-electron chi connectivity index (χ2n) is 5.96. The molecule has 29 heavy (non-hydrogen) atoms. The van der Waals surface area contributed by atoms with Crippen molar-refractivity contribution in [2.24, 2.45) is 5.10 Å². The molecule has 0 atom stereocenters. The van der Waals surface area contributed by atoms with E-state index in [1.54, 1.807) is 49.6 Å². The summed E-state index contributed by atoms with van der Waals surface area (Å²) < 4.78 is 11.1. The number of amides is 1. The van der Waals surface area contributed by atoms with Crippen LogP contribution >= 0.6 is 23.2 Å². The molecule has 0 unspecified atom stereocenters. The molecule has 0 aliphatic rings. The molecule has 7 heteroatoms. The topological polar surface area (TPSA) is 59.9 Å². The number of rotatable bonds is 7. The summed E-state index contributed by atoms with van der Waals surface area (Å²) in [7, 11) is 1.58. The van der Waals surface area contributed by atoms with E-state index in [0.717, 1.165) is 11.1 Å². The monoisotopic (exact) mass is 428 g/mol. The Labute approximate surface area is 178 Å². The summed E-state index contributed by atoms with van der Waals surface area (Å²) in [5, 5.41) is 5.06. The maximum absolute atomic E-state index is 12.6. The molecule has 0 saturated heterocycles. The SMILES string of the molecule is COc1ccccc1/C=N\NC(=O)c1ccccc1OCc1ccc(Cl)cc1Cl. The molecule has 0 aliphatic heterocycles. The van der Waals surface area contributed by atoms with Crippen molar-refractivity contribution in [1.29, 1.82) is 0 Å². The summed E-state index contributed by atoms with van der Waals surface area (Å²) in [4.78, 5) is 12.6. The van der Waals surface area contributed by atoms with Crippen LogP contribution in [0.1, 0.15) is 21.5 Å². The van der Waals surface area contributed by atoms with E-state index in [-0.39, 0.29) is 6.61 Å². The van der Waals surface area contributed by atoms with E-state index in [2.05, 4.69) is 10.5 Å². The van der Waals surface area contributed by atoms with Crippen LogP contribution in [0, 0.1) is 0 Å². The van der Waals surface area contributed by atoms with Crippen LogP contribution in [-0.2, 0) is 6.61 Å². The summed E-state index contributed by atoms with van der Waals surface area (Å²) in [5.74, 6) is 0.687. The van der Waals surface area contributed by atoms with Crippen molar-refractivity contribution in [1.82, 2.24) is 5.43 Å². The zero-order valence-corrected chi connectivity index (χ0v) is 17.1. The van der Waals surface area contributed by atoms with Gasteiger partial charge in [-0.2, -0.15) is 5.10 Å². The number of carbonyl (C=O) groups is 1. The number of hydrazone groups is 1. The van der Waals surface area contributed by atoms with Gasteiger partial charge in [-0.1, -0.05) is 53.5 Å². The fourth-order valence-electron chi connectivity index (χ4n) is 2.57.